The molecule has 0 aromatic carbocycles. The van der Waals surface area contributed by atoms with Crippen LogP contribution < -0.4 is 10.6 Å². The van der Waals surface area contributed by atoms with Crippen molar-refractivity contribution in [2.24, 2.45) is 18.0 Å². The van der Waals surface area contributed by atoms with Gasteiger partial charge in [0.2, 0.25) is 0 Å². The molecule has 1 saturated heterocycles. The van der Waals surface area contributed by atoms with Gasteiger partial charge in [-0.05, 0) is 31.4 Å². The highest BCUT2D eigenvalue weighted by atomic mass is 127. The molecule has 0 bridgehead atoms. The first-order valence-electron chi connectivity index (χ1n) is 7.81. The minimum atomic E-state index is 0. The highest BCUT2D eigenvalue weighted by Gasteiger charge is 2.31. The summed E-state index contributed by atoms with van der Waals surface area (Å²) in [5.41, 5.74) is 1.27. The van der Waals surface area contributed by atoms with Crippen molar-refractivity contribution >= 4 is 29.9 Å². The number of nitrogens with one attached hydrogen (secondary N) is 2. The fourth-order valence-electron chi connectivity index (χ4n) is 2.84. The molecule has 22 heavy (non-hydrogen) atoms. The average Bonchev–Trinajstić information content (AvgIpc) is 3.01. The number of halogens is 1. The molecule has 2 atom stereocenters. The van der Waals surface area contributed by atoms with Gasteiger partial charge in [-0.3, -0.25) is 9.89 Å². The summed E-state index contributed by atoms with van der Waals surface area (Å²) in [6, 6.07) is 3.20. The van der Waals surface area contributed by atoms with E-state index in [1.807, 2.05) is 14.1 Å². The lowest BCUT2D eigenvalue weighted by atomic mass is 10.1. The summed E-state index contributed by atoms with van der Waals surface area (Å²) in [4.78, 5) is 6.87. The number of rotatable bonds is 4. The smallest absolute Gasteiger partial charge is 0.191 e. The molecule has 0 amide bonds. The first kappa shape index (κ1) is 19.3. The van der Waals surface area contributed by atoms with Crippen LogP contribution in [0.25, 0.3) is 0 Å². The molecular formula is C16H30IN5. The van der Waals surface area contributed by atoms with Crippen molar-refractivity contribution in [1.82, 2.24) is 20.1 Å². The van der Waals surface area contributed by atoms with E-state index >= 15 is 0 Å². The Morgan fingerprint density at radius 3 is 2.64 bits per heavy atom. The Bertz CT molecular complexity index is 483. The van der Waals surface area contributed by atoms with Crippen molar-refractivity contribution in [2.45, 2.75) is 39.4 Å². The first-order valence-corrected chi connectivity index (χ1v) is 7.81. The molecule has 2 N–H and O–H groups in total. The molecule has 2 heterocycles. The van der Waals surface area contributed by atoms with Gasteiger partial charge < -0.3 is 15.2 Å². The van der Waals surface area contributed by atoms with Crippen LogP contribution in [0, 0.1) is 5.92 Å². The summed E-state index contributed by atoms with van der Waals surface area (Å²) < 4.78 is 2.06. The zero-order chi connectivity index (χ0) is 15.4. The summed E-state index contributed by atoms with van der Waals surface area (Å²) in [6.45, 7) is 9.88. The van der Waals surface area contributed by atoms with Gasteiger partial charge in [0.15, 0.2) is 5.96 Å². The molecule has 1 aliphatic heterocycles. The largest absolute Gasteiger partial charge is 0.357 e. The Hall–Kier alpha value is -0.760. The van der Waals surface area contributed by atoms with Crippen LogP contribution in [0.1, 0.15) is 26.3 Å². The molecule has 0 spiro atoms. The molecule has 5 nitrogen and oxygen atoms in total. The van der Waals surface area contributed by atoms with E-state index in [2.05, 4.69) is 64.3 Å². The lowest BCUT2D eigenvalue weighted by Crippen LogP contribution is -2.46. The number of aromatic nitrogens is 1. The predicted octanol–water partition coefficient (Wildman–Crippen LogP) is 2.04. The van der Waals surface area contributed by atoms with E-state index in [0.29, 0.717) is 18.0 Å². The quantitative estimate of drug-likeness (QED) is 0.446. The van der Waals surface area contributed by atoms with E-state index < -0.39 is 0 Å². The van der Waals surface area contributed by atoms with Crippen molar-refractivity contribution in [1.29, 1.82) is 0 Å². The number of nitrogens with zero attached hydrogens (tertiary/aromatic N) is 3. The maximum Gasteiger partial charge on any atom is 0.191 e. The Labute approximate surface area is 151 Å². The molecule has 2 rings (SSSR count). The average molecular weight is 419 g/mol. The van der Waals surface area contributed by atoms with Gasteiger partial charge in [0, 0.05) is 58.2 Å². The van der Waals surface area contributed by atoms with E-state index in [-0.39, 0.29) is 24.0 Å². The van der Waals surface area contributed by atoms with E-state index in [1.165, 1.54) is 5.56 Å². The fraction of sp³-hybridized carbons (Fsp3) is 0.688. The van der Waals surface area contributed by atoms with Crippen LogP contribution in [0.4, 0.5) is 0 Å². The summed E-state index contributed by atoms with van der Waals surface area (Å²) in [5, 5.41) is 6.97. The minimum Gasteiger partial charge on any atom is -0.357 e. The maximum atomic E-state index is 4.35. The topological polar surface area (TPSA) is 44.6 Å². The molecule has 2 unspecified atom stereocenters. The zero-order valence-electron chi connectivity index (χ0n) is 14.3. The number of likely N-dealkylation sites (tertiary alicyclic amines) is 1. The Morgan fingerprint density at radius 1 is 1.41 bits per heavy atom. The van der Waals surface area contributed by atoms with Gasteiger partial charge in [-0.15, -0.1) is 24.0 Å². The van der Waals surface area contributed by atoms with E-state index in [0.717, 1.165) is 25.6 Å². The second kappa shape index (κ2) is 8.76. The van der Waals surface area contributed by atoms with Gasteiger partial charge in [-0.2, -0.15) is 0 Å². The van der Waals surface area contributed by atoms with Crippen molar-refractivity contribution in [2.75, 3.05) is 20.1 Å². The zero-order valence-corrected chi connectivity index (χ0v) is 16.7. The van der Waals surface area contributed by atoms with Crippen LogP contribution in [-0.2, 0) is 13.6 Å². The monoisotopic (exact) mass is 419 g/mol. The molecule has 1 aromatic rings. The molecule has 0 aliphatic carbocycles. The number of hydrogen-bond acceptors (Lipinski definition) is 2. The van der Waals surface area contributed by atoms with Gasteiger partial charge >= 0.3 is 0 Å². The van der Waals surface area contributed by atoms with Crippen LogP contribution in [-0.4, -0.2) is 47.6 Å². The van der Waals surface area contributed by atoms with Crippen LogP contribution >= 0.6 is 24.0 Å². The number of guanidine groups is 1. The lowest BCUT2D eigenvalue weighted by molar-refractivity contribution is 0.265. The third-order valence-corrected chi connectivity index (χ3v) is 4.27. The highest BCUT2D eigenvalue weighted by molar-refractivity contribution is 14.0. The van der Waals surface area contributed by atoms with Crippen LogP contribution in [0.2, 0.25) is 0 Å². The SMILES string of the molecule is CN=C(NCc1ccn(C)c1)NC1CN(C(C)C)CC1C.I. The molecule has 1 fully saturated rings. The molecule has 126 valence electrons. The molecule has 0 saturated carbocycles. The molecule has 1 aliphatic rings. The lowest BCUT2D eigenvalue weighted by Gasteiger charge is -2.21. The number of hydrogen-bond donors (Lipinski definition) is 2. The summed E-state index contributed by atoms with van der Waals surface area (Å²) >= 11 is 0. The summed E-state index contributed by atoms with van der Waals surface area (Å²) in [5.74, 6) is 1.53. The third-order valence-electron chi connectivity index (χ3n) is 4.27. The number of aliphatic imine (C=N–C) groups is 1. The van der Waals surface area contributed by atoms with E-state index in [9.17, 15) is 0 Å². The van der Waals surface area contributed by atoms with Crippen molar-refractivity contribution in [3.05, 3.63) is 24.0 Å². The van der Waals surface area contributed by atoms with Crippen LogP contribution in [0.3, 0.4) is 0 Å². The van der Waals surface area contributed by atoms with Crippen molar-refractivity contribution in [3.8, 4) is 0 Å². The highest BCUT2D eigenvalue weighted by Crippen LogP contribution is 2.18. The minimum absolute atomic E-state index is 0. The predicted molar refractivity (Wildman–Crippen MR) is 104 cm³/mol. The van der Waals surface area contributed by atoms with Crippen molar-refractivity contribution in [3.63, 3.8) is 0 Å². The van der Waals surface area contributed by atoms with Gasteiger partial charge in [-0.1, -0.05) is 6.92 Å². The third kappa shape index (κ3) is 5.15. The van der Waals surface area contributed by atoms with Crippen molar-refractivity contribution < 1.29 is 0 Å². The van der Waals surface area contributed by atoms with Gasteiger partial charge in [0.1, 0.15) is 0 Å². The molecule has 1 aromatic heterocycles. The summed E-state index contributed by atoms with van der Waals surface area (Å²) in [6.07, 6.45) is 4.19. The summed E-state index contributed by atoms with van der Waals surface area (Å²) in [7, 11) is 3.87. The van der Waals surface area contributed by atoms with Gasteiger partial charge in [-0.25, -0.2) is 0 Å². The first-order chi connectivity index (χ1) is 9.99. The molecular weight excluding hydrogens is 389 g/mol. The number of aryl methyl sites for hydroxylation is 1. The Balaban J connectivity index is 0.00000242. The fourth-order valence-corrected chi connectivity index (χ4v) is 2.84. The second-order valence-electron chi connectivity index (χ2n) is 6.39. The molecule has 0 radical (unpaired) electrons. The maximum absolute atomic E-state index is 4.35. The Kier molecular flexibility index (Phi) is 7.68. The van der Waals surface area contributed by atoms with E-state index in [4.69, 9.17) is 0 Å². The molecule has 6 heteroatoms. The van der Waals surface area contributed by atoms with E-state index in [1.54, 1.807) is 0 Å². The normalized spacial score (nSPS) is 22.7. The van der Waals surface area contributed by atoms with Gasteiger partial charge in [0.05, 0.1) is 0 Å². The van der Waals surface area contributed by atoms with Crippen LogP contribution in [0.15, 0.2) is 23.5 Å². The van der Waals surface area contributed by atoms with Gasteiger partial charge in [0.25, 0.3) is 0 Å². The van der Waals surface area contributed by atoms with Crippen LogP contribution in [0.5, 0.6) is 0 Å². The standard InChI is InChI=1S/C16H29N5.HI/c1-12(2)21-9-13(3)15(11-21)19-16(17-4)18-8-14-6-7-20(5)10-14;/h6-7,10,12-13,15H,8-9,11H2,1-5H3,(H2,17,18,19);1H. The Morgan fingerprint density at radius 2 is 2.14 bits per heavy atom. The second-order valence-corrected chi connectivity index (χ2v) is 6.39.